The number of β-lactam (4-membered cyclic amide) rings is 1. The molecule has 1 saturated heterocycles. The van der Waals surface area contributed by atoms with Crippen LogP contribution in [0.15, 0.2) is 131 Å². The Balaban J connectivity index is 1.16. The lowest BCUT2D eigenvalue weighted by atomic mass is 9.77. The Hall–Kier alpha value is -7.84. The van der Waals surface area contributed by atoms with Crippen LogP contribution in [-0.4, -0.2) is 97.3 Å². The summed E-state index contributed by atoms with van der Waals surface area (Å²) >= 11 is 2.29. The number of hydrogen-bond acceptors (Lipinski definition) is 17. The van der Waals surface area contributed by atoms with Gasteiger partial charge in [0.25, 0.3) is 11.8 Å². The van der Waals surface area contributed by atoms with Crippen molar-refractivity contribution < 1.29 is 62.5 Å². The molecule has 2 amide bonds. The molecule has 0 spiro atoms. The predicted octanol–water partition coefficient (Wildman–Crippen LogP) is 6.83. The number of anilines is 1. The summed E-state index contributed by atoms with van der Waals surface area (Å²) in [7, 11) is 0. The topological polar surface area (TPSA) is 238 Å². The molecule has 5 aromatic rings. The van der Waals surface area contributed by atoms with Gasteiger partial charge in [-0.05, 0) is 69.5 Å². The molecule has 0 saturated carbocycles. The highest BCUT2D eigenvalue weighted by molar-refractivity contribution is 8.00. The van der Waals surface area contributed by atoms with Crippen LogP contribution in [0.2, 0.25) is 0 Å². The fourth-order valence-corrected chi connectivity index (χ4v) is 9.61. The number of esters is 4. The Labute approximate surface area is 416 Å². The van der Waals surface area contributed by atoms with Crippen LogP contribution < -0.4 is 20.1 Å². The van der Waals surface area contributed by atoms with E-state index in [1.54, 1.807) is 26.2 Å². The molecule has 0 bridgehead atoms. The number of carboxylic acid groups (broad SMARTS) is 1. The highest BCUT2D eigenvalue weighted by Crippen LogP contribution is 2.42. The van der Waals surface area contributed by atoms with Gasteiger partial charge in [0.2, 0.25) is 5.60 Å². The van der Waals surface area contributed by atoms with Crippen LogP contribution in [0.4, 0.5) is 5.13 Å². The zero-order valence-corrected chi connectivity index (χ0v) is 41.2. The van der Waals surface area contributed by atoms with E-state index in [2.05, 4.69) is 15.8 Å². The van der Waals surface area contributed by atoms with E-state index < -0.39 is 87.8 Å². The molecule has 3 N–H and O–H groups in total. The van der Waals surface area contributed by atoms with Crippen LogP contribution in [0.1, 0.15) is 81.2 Å². The summed E-state index contributed by atoms with van der Waals surface area (Å²) in [6.45, 7) is 9.62. The van der Waals surface area contributed by atoms with Crippen molar-refractivity contribution in [1.29, 1.82) is 0 Å². The lowest BCUT2D eigenvalue weighted by molar-refractivity contribution is -0.179. The molecule has 2 atom stereocenters. The van der Waals surface area contributed by atoms with Crippen LogP contribution in [0.3, 0.4) is 0 Å². The van der Waals surface area contributed by atoms with Gasteiger partial charge < -0.3 is 39.5 Å². The number of aliphatic carboxylic acids is 1. The Kier molecular flexibility index (Phi) is 15.1. The van der Waals surface area contributed by atoms with E-state index in [9.17, 15) is 38.7 Å². The van der Waals surface area contributed by atoms with Gasteiger partial charge in [-0.2, -0.15) is 0 Å². The van der Waals surface area contributed by atoms with Crippen LogP contribution in [-0.2, 0) is 48.6 Å². The summed E-state index contributed by atoms with van der Waals surface area (Å²) in [5.41, 5.74) is -1.76. The molecule has 3 heterocycles. The number of thioether (sulfide) groups is 1. The quantitative estimate of drug-likeness (QED) is 0.0216. The molecule has 0 unspecified atom stereocenters. The highest BCUT2D eigenvalue weighted by Gasteiger charge is 2.55. The molecule has 4 aromatic carbocycles. The Morgan fingerprint density at radius 3 is 1.90 bits per heavy atom. The SMILES string of the molecule is CC(=O)Oc1ccc(C(=O)OCC2=C(C(=O)O)N3C(=O)[C@@H](NC(=O)/C(=N\OC(C)(C)C(=O)OC(C)(C)C)c4csc(NC(c5ccccc5)(c5ccccc5)c5ccccc5)n4)[C@H]3SC2)cc1OC(C)=O. The number of fused-ring (bicyclic) bond motifs is 1. The average Bonchev–Trinajstić information content (AvgIpc) is 3.79. The normalized spacial score (nSPS) is 15.9. The van der Waals surface area contributed by atoms with Crippen molar-refractivity contribution in [2.75, 3.05) is 17.7 Å². The van der Waals surface area contributed by atoms with Crippen molar-refractivity contribution >= 4 is 75.6 Å². The number of nitrogens with zero attached hydrogens (tertiary/aromatic N) is 3. The predicted molar refractivity (Wildman–Crippen MR) is 262 cm³/mol. The lowest BCUT2D eigenvalue weighted by Crippen LogP contribution is -2.71. The first-order chi connectivity index (χ1) is 33.7. The van der Waals surface area contributed by atoms with Gasteiger partial charge >= 0.3 is 29.8 Å². The summed E-state index contributed by atoms with van der Waals surface area (Å²) < 4.78 is 21.1. The van der Waals surface area contributed by atoms with Crippen molar-refractivity contribution in [3.05, 3.63) is 154 Å². The number of benzene rings is 4. The fourth-order valence-electron chi connectivity index (χ4n) is 7.53. The molecule has 2 aliphatic rings. The van der Waals surface area contributed by atoms with Gasteiger partial charge in [-0.3, -0.25) is 24.1 Å². The molecule has 1 fully saturated rings. The lowest BCUT2D eigenvalue weighted by Gasteiger charge is -2.49. The Morgan fingerprint density at radius 2 is 1.37 bits per heavy atom. The fraction of sp³-hybridized carbons (Fsp3) is 0.275. The van der Waals surface area contributed by atoms with E-state index in [0.29, 0.717) is 5.13 Å². The van der Waals surface area contributed by atoms with Gasteiger partial charge in [-0.25, -0.2) is 19.4 Å². The van der Waals surface area contributed by atoms with E-state index in [1.165, 1.54) is 37.3 Å². The van der Waals surface area contributed by atoms with Gasteiger partial charge in [-0.1, -0.05) is 96.2 Å². The minimum absolute atomic E-state index is 0.0224. The summed E-state index contributed by atoms with van der Waals surface area (Å²) in [5, 5.41) is 21.9. The maximum atomic E-state index is 14.5. The molecule has 0 aliphatic carbocycles. The number of aromatic nitrogens is 1. The van der Waals surface area contributed by atoms with Crippen molar-refractivity contribution in [1.82, 2.24) is 15.2 Å². The van der Waals surface area contributed by atoms with Crippen LogP contribution in [0.25, 0.3) is 0 Å². The summed E-state index contributed by atoms with van der Waals surface area (Å²) in [5.74, 6) is -6.71. The van der Waals surface area contributed by atoms with E-state index >= 15 is 0 Å². The molecule has 18 nitrogen and oxygen atoms in total. The first-order valence-electron chi connectivity index (χ1n) is 22.0. The second kappa shape index (κ2) is 21.0. The van der Waals surface area contributed by atoms with Gasteiger partial charge in [0.1, 0.15) is 40.6 Å². The number of carbonyl (C=O) groups is 7. The molecule has 20 heteroatoms. The van der Waals surface area contributed by atoms with E-state index in [-0.39, 0.29) is 34.1 Å². The number of nitrogens with one attached hydrogen (secondary N) is 2. The Morgan fingerprint density at radius 1 is 0.803 bits per heavy atom. The Bertz CT molecular complexity index is 2840. The molecular weight excluding hydrogens is 955 g/mol. The first kappa shape index (κ1) is 51.0. The van der Waals surface area contributed by atoms with Crippen LogP contribution in [0.5, 0.6) is 11.5 Å². The molecule has 1 aromatic heterocycles. The summed E-state index contributed by atoms with van der Waals surface area (Å²) in [4.78, 5) is 102. The molecule has 2 aliphatic heterocycles. The van der Waals surface area contributed by atoms with Crippen molar-refractivity contribution in [3.8, 4) is 11.5 Å². The third-order valence-electron chi connectivity index (χ3n) is 10.7. The van der Waals surface area contributed by atoms with E-state index in [1.807, 2.05) is 91.0 Å². The van der Waals surface area contributed by atoms with Gasteiger partial charge in [-0.15, -0.1) is 23.1 Å². The third-order valence-corrected chi connectivity index (χ3v) is 12.8. The van der Waals surface area contributed by atoms with Gasteiger partial charge in [0.15, 0.2) is 22.3 Å². The number of thiazole rings is 1. The number of carboxylic acids is 1. The van der Waals surface area contributed by atoms with Crippen LogP contribution >= 0.6 is 23.1 Å². The molecular formula is C51H49N5O13S2. The van der Waals surface area contributed by atoms with Crippen molar-refractivity contribution in [2.45, 2.75) is 76.6 Å². The monoisotopic (exact) mass is 1000 g/mol. The van der Waals surface area contributed by atoms with E-state index in [0.717, 1.165) is 53.3 Å². The zero-order chi connectivity index (χ0) is 51.3. The standard InChI is InChI=1S/C51H49N5O13S2/c1-29(57)66-37-24-23-31(25-38(37)67-30(2)58)46(63)65-26-32-27-70-44-40(43(60)56(44)41(32)45(61)62)53-42(59)39(55-69-50(6,7)47(64)68-49(3,4)5)36-28-71-48(52-36)54-51(33-17-11-8-12-18-33,34-19-13-9-14-20-34)35-21-15-10-16-22-35/h8-25,28,40,44H,26-27H2,1-7H3,(H,52,54)(H,53,59)(H,61,62)/b55-39-/t40-,44-/m1/s1. The zero-order valence-electron chi connectivity index (χ0n) is 39.5. The number of ether oxygens (including phenoxy) is 4. The first-order valence-corrected chi connectivity index (χ1v) is 23.9. The van der Waals surface area contributed by atoms with Gasteiger partial charge in [0.05, 0.1) is 5.56 Å². The van der Waals surface area contributed by atoms with Crippen molar-refractivity contribution in [3.63, 3.8) is 0 Å². The maximum Gasteiger partial charge on any atom is 0.353 e. The van der Waals surface area contributed by atoms with Gasteiger partial charge in [0, 0.05) is 30.6 Å². The van der Waals surface area contributed by atoms with Crippen LogP contribution in [0, 0.1) is 0 Å². The van der Waals surface area contributed by atoms with E-state index in [4.69, 9.17) is 28.8 Å². The number of carbonyl (C=O) groups excluding carboxylic acids is 6. The molecule has 0 radical (unpaired) electrons. The number of amides is 2. The summed E-state index contributed by atoms with van der Waals surface area (Å²) in [6.07, 6.45) is 0. The second-order valence-corrected chi connectivity index (χ2v) is 19.6. The largest absolute Gasteiger partial charge is 0.477 e. The average molecular weight is 1000 g/mol. The maximum absolute atomic E-state index is 14.5. The smallest absolute Gasteiger partial charge is 0.353 e. The highest BCUT2D eigenvalue weighted by atomic mass is 32.2. The summed E-state index contributed by atoms with van der Waals surface area (Å²) in [6, 6.07) is 31.7. The second-order valence-electron chi connectivity index (χ2n) is 17.6. The number of oxime groups is 1. The minimum atomic E-state index is -1.71. The van der Waals surface area contributed by atoms with Crippen molar-refractivity contribution in [2.24, 2.45) is 5.16 Å². The number of hydrogen-bond donors (Lipinski definition) is 3. The minimum Gasteiger partial charge on any atom is -0.477 e. The molecule has 71 heavy (non-hydrogen) atoms. The molecule has 7 rings (SSSR count). The third kappa shape index (κ3) is 11.5. The molecule has 368 valence electrons. The number of rotatable bonds is 17.